The van der Waals surface area contributed by atoms with Crippen molar-refractivity contribution < 1.29 is 18.5 Å². The molecule has 1 amide bonds. The van der Waals surface area contributed by atoms with Gasteiger partial charge in [0.15, 0.2) is 11.6 Å². The van der Waals surface area contributed by atoms with E-state index in [4.69, 9.17) is 0 Å². The second kappa shape index (κ2) is 7.19. The van der Waals surface area contributed by atoms with Gasteiger partial charge in [-0.1, -0.05) is 30.3 Å². The summed E-state index contributed by atoms with van der Waals surface area (Å²) in [4.78, 5) is 24.9. The minimum Gasteiger partial charge on any atom is -0.331 e. The molecule has 1 aliphatic carbocycles. The van der Waals surface area contributed by atoms with E-state index in [1.165, 1.54) is 4.90 Å². The lowest BCUT2D eigenvalue weighted by Gasteiger charge is -2.29. The summed E-state index contributed by atoms with van der Waals surface area (Å²) in [5, 5.41) is 11.2. The molecule has 1 unspecified atom stereocenters. The molecule has 0 heterocycles. The minimum absolute atomic E-state index is 0.157. The monoisotopic (exact) mass is 360 g/mol. The lowest BCUT2D eigenvalue weighted by Crippen LogP contribution is -2.39. The lowest BCUT2D eigenvalue weighted by molar-refractivity contribution is -0.385. The summed E-state index contributed by atoms with van der Waals surface area (Å²) in [6.45, 7) is 2.12. The van der Waals surface area contributed by atoms with Gasteiger partial charge in [0.25, 0.3) is 11.6 Å². The molecule has 0 aliphatic heterocycles. The first kappa shape index (κ1) is 18.0. The predicted octanol–water partition coefficient (Wildman–Crippen LogP) is 4.31. The van der Waals surface area contributed by atoms with E-state index in [-0.39, 0.29) is 12.6 Å². The molecule has 5 nitrogen and oxygen atoms in total. The van der Waals surface area contributed by atoms with Crippen molar-refractivity contribution in [1.29, 1.82) is 0 Å². The third kappa shape index (κ3) is 3.71. The number of amides is 1. The zero-order chi connectivity index (χ0) is 18.8. The molecular weight excluding hydrogens is 342 g/mol. The Kier molecular flexibility index (Phi) is 4.97. The van der Waals surface area contributed by atoms with Crippen LogP contribution in [0, 0.1) is 27.7 Å². The zero-order valence-electron chi connectivity index (χ0n) is 14.2. The number of hydrogen-bond donors (Lipinski definition) is 0. The normalized spacial score (nSPS) is 14.7. The van der Waals surface area contributed by atoms with Crippen LogP contribution in [-0.4, -0.2) is 21.8 Å². The van der Waals surface area contributed by atoms with Gasteiger partial charge in [-0.05, 0) is 37.3 Å². The van der Waals surface area contributed by atoms with E-state index >= 15 is 0 Å². The summed E-state index contributed by atoms with van der Waals surface area (Å²) in [6.07, 6.45) is 1.94. The summed E-state index contributed by atoms with van der Waals surface area (Å²) in [7, 11) is 0. The molecule has 1 aliphatic rings. The highest BCUT2D eigenvalue weighted by atomic mass is 19.2. The third-order valence-corrected chi connectivity index (χ3v) is 4.72. The fraction of sp³-hybridized carbons (Fsp3) is 0.316. The zero-order valence-corrected chi connectivity index (χ0v) is 14.2. The van der Waals surface area contributed by atoms with Crippen molar-refractivity contribution in [3.05, 3.63) is 75.3 Å². The fourth-order valence-corrected chi connectivity index (χ4v) is 3.03. The summed E-state index contributed by atoms with van der Waals surface area (Å²) in [5.41, 5.74) is -0.300. The van der Waals surface area contributed by atoms with Crippen molar-refractivity contribution in [1.82, 2.24) is 4.90 Å². The Morgan fingerprint density at radius 1 is 1.23 bits per heavy atom. The largest absolute Gasteiger partial charge is 0.331 e. The Labute approximate surface area is 149 Å². The Morgan fingerprint density at radius 2 is 1.85 bits per heavy atom. The number of carbonyl (C=O) groups excluding carboxylic acids is 1. The maximum atomic E-state index is 13.7. The van der Waals surface area contributed by atoms with Crippen molar-refractivity contribution in [3.63, 3.8) is 0 Å². The van der Waals surface area contributed by atoms with Crippen molar-refractivity contribution in [2.45, 2.75) is 32.4 Å². The summed E-state index contributed by atoms with van der Waals surface area (Å²) in [5.74, 6) is -2.98. The van der Waals surface area contributed by atoms with Gasteiger partial charge in [0.1, 0.15) is 5.56 Å². The Bertz CT molecular complexity index is 838. The first-order chi connectivity index (χ1) is 12.4. The van der Waals surface area contributed by atoms with Crippen molar-refractivity contribution in [2.75, 3.05) is 0 Å². The second-order valence-electron chi connectivity index (χ2n) is 6.54. The van der Waals surface area contributed by atoms with Crippen LogP contribution < -0.4 is 0 Å². The SMILES string of the molecule is CC(C1CC1)N(Cc1ccccc1)C(=O)c1cc(F)c(F)cc1[N+](=O)[O-]. The van der Waals surface area contributed by atoms with Crippen molar-refractivity contribution >= 4 is 11.6 Å². The van der Waals surface area contributed by atoms with Crippen LogP contribution in [0.1, 0.15) is 35.7 Å². The van der Waals surface area contributed by atoms with Crippen LogP contribution in [0.3, 0.4) is 0 Å². The van der Waals surface area contributed by atoms with Crippen molar-refractivity contribution in [3.8, 4) is 0 Å². The van der Waals surface area contributed by atoms with Crippen LogP contribution in [0.2, 0.25) is 0 Å². The highest BCUT2D eigenvalue weighted by molar-refractivity contribution is 5.98. The van der Waals surface area contributed by atoms with E-state index < -0.39 is 33.7 Å². The molecule has 1 fully saturated rings. The number of hydrogen-bond acceptors (Lipinski definition) is 3. The number of carbonyl (C=O) groups is 1. The van der Waals surface area contributed by atoms with E-state index in [1.807, 2.05) is 37.3 Å². The maximum Gasteiger partial charge on any atom is 0.285 e. The van der Waals surface area contributed by atoms with Gasteiger partial charge in [0.2, 0.25) is 0 Å². The molecule has 0 bridgehead atoms. The molecule has 0 saturated heterocycles. The van der Waals surface area contributed by atoms with E-state index in [0.717, 1.165) is 18.4 Å². The number of nitrogens with zero attached hydrogens (tertiary/aromatic N) is 2. The molecule has 2 aromatic carbocycles. The van der Waals surface area contributed by atoms with Gasteiger partial charge < -0.3 is 4.90 Å². The van der Waals surface area contributed by atoms with Crippen LogP contribution in [0.4, 0.5) is 14.5 Å². The standard InChI is InChI=1S/C19H18F2N2O3/c1-12(14-7-8-14)22(11-13-5-3-2-4-6-13)19(24)15-9-16(20)17(21)10-18(15)23(25)26/h2-6,9-10,12,14H,7-8,11H2,1H3. The van der Waals surface area contributed by atoms with Gasteiger partial charge in [-0.3, -0.25) is 14.9 Å². The first-order valence-corrected chi connectivity index (χ1v) is 8.36. The summed E-state index contributed by atoms with van der Waals surface area (Å²) >= 11 is 0. The molecule has 0 N–H and O–H groups in total. The third-order valence-electron chi connectivity index (χ3n) is 4.72. The highest BCUT2D eigenvalue weighted by Gasteiger charge is 2.37. The van der Waals surface area contributed by atoms with E-state index in [1.54, 1.807) is 0 Å². The van der Waals surface area contributed by atoms with Crippen LogP contribution in [0.25, 0.3) is 0 Å². The molecule has 26 heavy (non-hydrogen) atoms. The second-order valence-corrected chi connectivity index (χ2v) is 6.54. The molecular formula is C19H18F2N2O3. The number of nitro groups is 1. The molecule has 1 saturated carbocycles. The van der Waals surface area contributed by atoms with Gasteiger partial charge in [0, 0.05) is 12.6 Å². The van der Waals surface area contributed by atoms with Gasteiger partial charge in [-0.15, -0.1) is 0 Å². The van der Waals surface area contributed by atoms with Gasteiger partial charge in [0.05, 0.1) is 11.0 Å². The van der Waals surface area contributed by atoms with Crippen LogP contribution in [0.5, 0.6) is 0 Å². The Hall–Kier alpha value is -2.83. The molecule has 0 aromatic heterocycles. The van der Waals surface area contributed by atoms with Crippen molar-refractivity contribution in [2.24, 2.45) is 5.92 Å². The fourth-order valence-electron chi connectivity index (χ4n) is 3.03. The lowest BCUT2D eigenvalue weighted by atomic mass is 10.1. The molecule has 0 spiro atoms. The first-order valence-electron chi connectivity index (χ1n) is 8.36. The molecule has 136 valence electrons. The number of rotatable bonds is 6. The minimum atomic E-state index is -1.35. The average Bonchev–Trinajstić information content (AvgIpc) is 3.46. The Morgan fingerprint density at radius 3 is 2.42 bits per heavy atom. The molecule has 1 atom stereocenters. The van der Waals surface area contributed by atoms with Crippen LogP contribution in [0.15, 0.2) is 42.5 Å². The average molecular weight is 360 g/mol. The molecule has 2 aromatic rings. The molecule has 3 rings (SSSR count). The summed E-state index contributed by atoms with van der Waals surface area (Å²) < 4.78 is 27.1. The van der Waals surface area contributed by atoms with Gasteiger partial charge >= 0.3 is 0 Å². The smallest absolute Gasteiger partial charge is 0.285 e. The number of nitro benzene ring substituents is 1. The van der Waals surface area contributed by atoms with Crippen LogP contribution >= 0.6 is 0 Å². The predicted molar refractivity (Wildman–Crippen MR) is 91.5 cm³/mol. The molecule has 7 heteroatoms. The summed E-state index contributed by atoms with van der Waals surface area (Å²) in [6, 6.07) is 10.1. The van der Waals surface area contributed by atoms with Crippen LogP contribution in [-0.2, 0) is 6.54 Å². The maximum absolute atomic E-state index is 13.7. The number of benzene rings is 2. The highest BCUT2D eigenvalue weighted by Crippen LogP contribution is 2.37. The topological polar surface area (TPSA) is 63.5 Å². The molecule has 0 radical (unpaired) electrons. The van der Waals surface area contributed by atoms with Gasteiger partial charge in [-0.2, -0.15) is 0 Å². The Balaban J connectivity index is 1.99. The van der Waals surface area contributed by atoms with Gasteiger partial charge in [-0.25, -0.2) is 8.78 Å². The number of halogens is 2. The van der Waals surface area contributed by atoms with E-state index in [0.29, 0.717) is 18.1 Å². The van der Waals surface area contributed by atoms with E-state index in [2.05, 4.69) is 0 Å². The quantitative estimate of drug-likeness (QED) is 0.569. The van der Waals surface area contributed by atoms with E-state index in [9.17, 15) is 23.7 Å².